The van der Waals surface area contributed by atoms with Crippen LogP contribution in [0.5, 0.6) is 0 Å². The SMILES string of the molecule is COC(=O)c1ccc2[nH]c3c(c2c1)CN(C(=O)c1ccccc1C(=O)c1ccccc1)CC3. The molecule has 33 heavy (non-hydrogen) atoms. The van der Waals surface area contributed by atoms with E-state index in [9.17, 15) is 14.4 Å². The predicted molar refractivity (Wildman–Crippen MR) is 124 cm³/mol. The maximum Gasteiger partial charge on any atom is 0.337 e. The molecule has 4 aromatic rings. The number of H-pyrrole nitrogens is 1. The van der Waals surface area contributed by atoms with Crippen LogP contribution in [0.2, 0.25) is 0 Å². The summed E-state index contributed by atoms with van der Waals surface area (Å²) in [5.74, 6) is -0.755. The van der Waals surface area contributed by atoms with Gasteiger partial charge in [-0.05, 0) is 24.3 Å². The van der Waals surface area contributed by atoms with Gasteiger partial charge in [0.25, 0.3) is 5.91 Å². The number of fused-ring (bicyclic) bond motifs is 3. The lowest BCUT2D eigenvalue weighted by Gasteiger charge is -2.28. The minimum absolute atomic E-state index is 0.174. The van der Waals surface area contributed by atoms with E-state index < -0.39 is 5.97 Å². The maximum absolute atomic E-state index is 13.5. The van der Waals surface area contributed by atoms with Crippen molar-refractivity contribution in [1.29, 1.82) is 0 Å². The average Bonchev–Trinajstić information content (AvgIpc) is 3.25. The van der Waals surface area contributed by atoms with Crippen LogP contribution in [-0.2, 0) is 17.7 Å². The summed E-state index contributed by atoms with van der Waals surface area (Å²) >= 11 is 0. The van der Waals surface area contributed by atoms with E-state index in [0.717, 1.165) is 22.2 Å². The summed E-state index contributed by atoms with van der Waals surface area (Å²) in [5, 5.41) is 0.902. The highest BCUT2D eigenvalue weighted by atomic mass is 16.5. The van der Waals surface area contributed by atoms with Gasteiger partial charge in [0.1, 0.15) is 0 Å². The topological polar surface area (TPSA) is 79.5 Å². The zero-order valence-corrected chi connectivity index (χ0v) is 18.1. The molecule has 164 valence electrons. The number of aromatic nitrogens is 1. The van der Waals surface area contributed by atoms with Crippen LogP contribution in [0.3, 0.4) is 0 Å². The number of rotatable bonds is 4. The molecule has 1 aromatic heterocycles. The lowest BCUT2D eigenvalue weighted by Crippen LogP contribution is -2.36. The number of hydrogen-bond acceptors (Lipinski definition) is 4. The van der Waals surface area contributed by atoms with Crippen LogP contribution in [0, 0.1) is 0 Å². The van der Waals surface area contributed by atoms with Gasteiger partial charge in [-0.3, -0.25) is 9.59 Å². The fourth-order valence-corrected chi connectivity index (χ4v) is 4.42. The Morgan fingerprint density at radius 2 is 1.61 bits per heavy atom. The van der Waals surface area contributed by atoms with Gasteiger partial charge in [-0.2, -0.15) is 0 Å². The molecule has 3 aromatic carbocycles. The third-order valence-corrected chi connectivity index (χ3v) is 6.12. The van der Waals surface area contributed by atoms with Crippen molar-refractivity contribution < 1.29 is 19.1 Å². The minimum atomic E-state index is -0.399. The molecule has 0 fully saturated rings. The van der Waals surface area contributed by atoms with Crippen molar-refractivity contribution in [1.82, 2.24) is 9.88 Å². The van der Waals surface area contributed by atoms with Crippen molar-refractivity contribution in [2.45, 2.75) is 13.0 Å². The Bertz CT molecular complexity index is 1390. The molecule has 6 heteroatoms. The molecule has 0 spiro atoms. The second-order valence-corrected chi connectivity index (χ2v) is 8.05. The van der Waals surface area contributed by atoms with Crippen molar-refractivity contribution in [3.8, 4) is 0 Å². The molecular weight excluding hydrogens is 416 g/mol. The van der Waals surface area contributed by atoms with Crippen molar-refractivity contribution >= 4 is 28.6 Å². The lowest BCUT2D eigenvalue weighted by atomic mass is 9.96. The largest absolute Gasteiger partial charge is 0.465 e. The van der Waals surface area contributed by atoms with E-state index in [1.54, 1.807) is 53.4 Å². The van der Waals surface area contributed by atoms with Crippen LogP contribution in [0.25, 0.3) is 10.9 Å². The number of ether oxygens (including phenoxy) is 1. The molecule has 1 N–H and O–H groups in total. The monoisotopic (exact) mass is 438 g/mol. The van der Waals surface area contributed by atoms with Gasteiger partial charge in [-0.15, -0.1) is 0 Å². The number of amides is 1. The van der Waals surface area contributed by atoms with E-state index in [-0.39, 0.29) is 11.7 Å². The fraction of sp³-hybridized carbons (Fsp3) is 0.148. The molecule has 0 unspecified atom stereocenters. The van der Waals surface area contributed by atoms with Crippen molar-refractivity contribution in [2.24, 2.45) is 0 Å². The number of hydrogen-bond donors (Lipinski definition) is 1. The summed E-state index contributed by atoms with van der Waals surface area (Å²) < 4.78 is 4.85. The molecule has 0 saturated heterocycles. The van der Waals surface area contributed by atoms with Gasteiger partial charge in [0.05, 0.1) is 18.2 Å². The Balaban J connectivity index is 1.48. The number of esters is 1. The van der Waals surface area contributed by atoms with E-state index in [2.05, 4.69) is 4.98 Å². The Morgan fingerprint density at radius 3 is 2.36 bits per heavy atom. The quantitative estimate of drug-likeness (QED) is 0.379. The standard InChI is InChI=1S/C27H22N2O4/c1-33-27(32)18-11-12-23-21(15-18)22-16-29(14-13-24(22)28-23)26(31)20-10-6-5-9-19(20)25(30)17-7-3-2-4-8-17/h2-12,15,28H,13-14,16H2,1H3. The van der Waals surface area contributed by atoms with Crippen LogP contribution >= 0.6 is 0 Å². The Morgan fingerprint density at radius 1 is 0.879 bits per heavy atom. The fourth-order valence-electron chi connectivity index (χ4n) is 4.42. The van der Waals surface area contributed by atoms with Crippen LogP contribution in [0.4, 0.5) is 0 Å². The Labute approximate surface area is 190 Å². The smallest absolute Gasteiger partial charge is 0.337 e. The Hall–Kier alpha value is -4.19. The second-order valence-electron chi connectivity index (χ2n) is 8.05. The van der Waals surface area contributed by atoms with Crippen molar-refractivity contribution in [3.05, 3.63) is 106 Å². The minimum Gasteiger partial charge on any atom is -0.465 e. The number of methoxy groups -OCH3 is 1. The highest BCUT2D eigenvalue weighted by molar-refractivity contribution is 6.15. The first-order valence-corrected chi connectivity index (χ1v) is 10.8. The van der Waals surface area contributed by atoms with Gasteiger partial charge < -0.3 is 14.6 Å². The maximum atomic E-state index is 13.5. The van der Waals surface area contributed by atoms with E-state index in [4.69, 9.17) is 4.74 Å². The third kappa shape index (κ3) is 3.69. The first kappa shape index (κ1) is 20.7. The van der Waals surface area contributed by atoms with Crippen molar-refractivity contribution in [3.63, 3.8) is 0 Å². The number of carbonyl (C=O) groups is 3. The average molecular weight is 438 g/mol. The molecule has 1 amide bonds. The Kier molecular flexibility index (Phi) is 5.26. The summed E-state index contributed by atoms with van der Waals surface area (Å²) in [7, 11) is 1.35. The summed E-state index contributed by atoms with van der Waals surface area (Å²) in [6.45, 7) is 0.934. The van der Waals surface area contributed by atoms with Crippen LogP contribution in [0.15, 0.2) is 72.8 Å². The summed E-state index contributed by atoms with van der Waals surface area (Å²) in [6.07, 6.45) is 0.665. The zero-order valence-electron chi connectivity index (χ0n) is 18.1. The third-order valence-electron chi connectivity index (χ3n) is 6.12. The van der Waals surface area contributed by atoms with Crippen LogP contribution in [0.1, 0.15) is 47.9 Å². The molecular formula is C27H22N2O4. The van der Waals surface area contributed by atoms with Gasteiger partial charge in [0.15, 0.2) is 5.78 Å². The van der Waals surface area contributed by atoms with Gasteiger partial charge in [-0.25, -0.2) is 4.79 Å². The number of nitrogens with zero attached hydrogens (tertiary/aromatic N) is 1. The molecule has 0 aliphatic carbocycles. The molecule has 0 bridgehead atoms. The number of ketones is 1. The van der Waals surface area contributed by atoms with E-state index >= 15 is 0 Å². The highest BCUT2D eigenvalue weighted by Gasteiger charge is 2.28. The molecule has 5 rings (SSSR count). The zero-order chi connectivity index (χ0) is 22.9. The molecule has 0 atom stereocenters. The number of benzene rings is 3. The summed E-state index contributed by atoms with van der Waals surface area (Å²) in [5.41, 5.74) is 4.77. The first-order valence-electron chi connectivity index (χ1n) is 10.8. The van der Waals surface area contributed by atoms with Gasteiger partial charge in [0.2, 0.25) is 0 Å². The van der Waals surface area contributed by atoms with E-state index in [0.29, 0.717) is 41.8 Å². The molecule has 1 aliphatic rings. The molecule has 1 aliphatic heterocycles. The molecule has 6 nitrogen and oxygen atoms in total. The van der Waals surface area contributed by atoms with Gasteiger partial charge in [-0.1, -0.05) is 48.5 Å². The van der Waals surface area contributed by atoms with Gasteiger partial charge in [0, 0.05) is 52.8 Å². The highest BCUT2D eigenvalue weighted by Crippen LogP contribution is 2.30. The van der Waals surface area contributed by atoms with Gasteiger partial charge >= 0.3 is 5.97 Å². The summed E-state index contributed by atoms with van der Waals surface area (Å²) in [4.78, 5) is 43.8. The number of nitrogens with one attached hydrogen (secondary N) is 1. The first-order chi connectivity index (χ1) is 16.1. The summed E-state index contributed by atoms with van der Waals surface area (Å²) in [6, 6.07) is 21.3. The van der Waals surface area contributed by atoms with E-state index in [1.165, 1.54) is 7.11 Å². The molecule has 0 saturated carbocycles. The molecule has 0 radical (unpaired) electrons. The van der Waals surface area contributed by atoms with Crippen molar-refractivity contribution in [2.75, 3.05) is 13.7 Å². The van der Waals surface area contributed by atoms with Crippen LogP contribution < -0.4 is 0 Å². The lowest BCUT2D eigenvalue weighted by molar-refractivity contribution is 0.0600. The van der Waals surface area contributed by atoms with Crippen LogP contribution in [-0.4, -0.2) is 41.2 Å². The van der Waals surface area contributed by atoms with E-state index in [1.807, 2.05) is 24.3 Å². The predicted octanol–water partition coefficient (Wildman–Crippen LogP) is 4.38. The number of aromatic amines is 1. The second kappa shape index (κ2) is 8.39. The molecule has 2 heterocycles. The normalized spacial score (nSPS) is 12.9. The number of carbonyl (C=O) groups excluding carboxylic acids is 3.